The number of urea groups is 1. The molecule has 0 aliphatic carbocycles. The van der Waals surface area contributed by atoms with Crippen LogP contribution in [-0.2, 0) is 12.6 Å². The fraction of sp³-hybridized carbons (Fsp3) is 0.412. The van der Waals surface area contributed by atoms with Crippen LogP contribution in [0.15, 0.2) is 36.7 Å². The highest BCUT2D eigenvalue weighted by Crippen LogP contribution is 2.29. The maximum Gasteiger partial charge on any atom is 0.315 e. The molecular weight excluding hydrogens is 292 g/mol. The fourth-order valence-corrected chi connectivity index (χ4v) is 2.49. The Morgan fingerprint density at radius 1 is 1.35 bits per heavy atom. The van der Waals surface area contributed by atoms with Gasteiger partial charge in [-0.15, -0.1) is 0 Å². The van der Waals surface area contributed by atoms with Crippen LogP contribution in [0.2, 0.25) is 0 Å². The van der Waals surface area contributed by atoms with E-state index in [9.17, 15) is 4.79 Å². The Kier molecular flexibility index (Phi) is 4.93. The van der Waals surface area contributed by atoms with Crippen LogP contribution in [0.25, 0.3) is 0 Å². The Hall–Kier alpha value is -2.50. The van der Waals surface area contributed by atoms with E-state index in [1.807, 2.05) is 58.3 Å². The zero-order valence-electron chi connectivity index (χ0n) is 14.3. The number of hydrogen-bond acceptors (Lipinski definition) is 3. The number of carbonyl (C=O) groups is 1. The normalized spacial score (nSPS) is 12.6. The third-order valence-electron chi connectivity index (χ3n) is 3.78. The molecule has 0 saturated heterocycles. The zero-order chi connectivity index (χ0) is 17.0. The van der Waals surface area contributed by atoms with E-state index < -0.39 is 5.54 Å². The quantitative estimate of drug-likeness (QED) is 0.891. The van der Waals surface area contributed by atoms with Crippen LogP contribution < -0.4 is 15.4 Å². The second-order valence-electron chi connectivity index (χ2n) is 6.09. The molecule has 0 spiro atoms. The summed E-state index contributed by atoms with van der Waals surface area (Å²) in [6, 6.07) is 7.30. The van der Waals surface area contributed by atoms with Crippen LogP contribution in [0.1, 0.15) is 37.9 Å². The first-order valence-corrected chi connectivity index (χ1v) is 7.54. The number of rotatable bonds is 5. The number of benzene rings is 1. The Morgan fingerprint density at radius 3 is 2.65 bits per heavy atom. The van der Waals surface area contributed by atoms with Crippen molar-refractivity contribution in [3.8, 4) is 5.75 Å². The molecule has 2 aromatic rings. The number of nitrogens with zero attached hydrogens (tertiary/aromatic N) is 2. The second kappa shape index (κ2) is 6.73. The van der Waals surface area contributed by atoms with Crippen LogP contribution >= 0.6 is 0 Å². The third kappa shape index (κ3) is 4.03. The summed E-state index contributed by atoms with van der Waals surface area (Å²) in [6.07, 6.45) is 3.63. The molecule has 0 aliphatic heterocycles. The largest absolute Gasteiger partial charge is 0.496 e. The predicted octanol–water partition coefficient (Wildman–Crippen LogP) is 2.72. The van der Waals surface area contributed by atoms with E-state index in [1.54, 1.807) is 18.0 Å². The van der Waals surface area contributed by atoms with Gasteiger partial charge in [0.1, 0.15) is 5.75 Å². The summed E-state index contributed by atoms with van der Waals surface area (Å²) in [7, 11) is 3.47. The maximum atomic E-state index is 12.3. The van der Waals surface area contributed by atoms with Gasteiger partial charge in [0.25, 0.3) is 0 Å². The summed E-state index contributed by atoms with van der Waals surface area (Å²) in [5.41, 5.74) is 1.31. The van der Waals surface area contributed by atoms with Crippen molar-refractivity contribution in [1.29, 1.82) is 0 Å². The summed E-state index contributed by atoms with van der Waals surface area (Å²) in [5.74, 6) is 0.748. The van der Waals surface area contributed by atoms with Crippen molar-refractivity contribution in [2.45, 2.75) is 32.4 Å². The lowest BCUT2D eigenvalue weighted by Crippen LogP contribution is -2.47. The van der Waals surface area contributed by atoms with Gasteiger partial charge < -0.3 is 15.4 Å². The molecule has 124 valence electrons. The molecule has 0 unspecified atom stereocenters. The molecule has 2 rings (SSSR count). The van der Waals surface area contributed by atoms with Gasteiger partial charge in [0.15, 0.2) is 0 Å². The highest BCUT2D eigenvalue weighted by molar-refractivity contribution is 5.75. The van der Waals surface area contributed by atoms with Gasteiger partial charge in [-0.25, -0.2) is 4.79 Å². The van der Waals surface area contributed by atoms with E-state index in [0.29, 0.717) is 0 Å². The minimum Gasteiger partial charge on any atom is -0.496 e. The van der Waals surface area contributed by atoms with Crippen molar-refractivity contribution in [3.05, 3.63) is 47.8 Å². The molecule has 2 N–H and O–H groups in total. The Labute approximate surface area is 136 Å². The average molecular weight is 316 g/mol. The van der Waals surface area contributed by atoms with Crippen LogP contribution in [-0.4, -0.2) is 22.9 Å². The molecule has 0 fully saturated rings. The molecular formula is C17H24N4O2. The summed E-state index contributed by atoms with van der Waals surface area (Å²) < 4.78 is 7.10. The first kappa shape index (κ1) is 16.9. The van der Waals surface area contributed by atoms with Crippen molar-refractivity contribution >= 4 is 6.03 Å². The monoisotopic (exact) mass is 316 g/mol. The highest BCUT2D eigenvalue weighted by atomic mass is 16.5. The molecule has 0 saturated carbocycles. The number of para-hydroxylation sites is 1. The average Bonchev–Trinajstić information content (AvgIpc) is 2.93. The van der Waals surface area contributed by atoms with Crippen molar-refractivity contribution < 1.29 is 9.53 Å². The van der Waals surface area contributed by atoms with E-state index in [4.69, 9.17) is 4.74 Å². The number of aryl methyl sites for hydroxylation is 1. The number of methoxy groups -OCH3 is 1. The van der Waals surface area contributed by atoms with Gasteiger partial charge >= 0.3 is 6.03 Å². The van der Waals surface area contributed by atoms with E-state index in [2.05, 4.69) is 15.7 Å². The van der Waals surface area contributed by atoms with Gasteiger partial charge in [-0.05, 0) is 26.8 Å². The summed E-state index contributed by atoms with van der Waals surface area (Å²) in [5, 5.41) is 10.0. The molecule has 23 heavy (non-hydrogen) atoms. The second-order valence-corrected chi connectivity index (χ2v) is 6.09. The molecule has 6 nitrogen and oxygen atoms in total. The SMILES string of the molecule is COc1ccccc1C(C)(C)NC(=O)N[C@H](C)c1cnn(C)c1. The van der Waals surface area contributed by atoms with E-state index in [-0.39, 0.29) is 12.1 Å². The van der Waals surface area contributed by atoms with Crippen LogP contribution in [0.3, 0.4) is 0 Å². The van der Waals surface area contributed by atoms with Crippen LogP contribution in [0.4, 0.5) is 4.79 Å². The zero-order valence-corrected chi connectivity index (χ0v) is 14.3. The molecule has 0 radical (unpaired) electrons. The Morgan fingerprint density at radius 2 is 2.04 bits per heavy atom. The van der Waals surface area contributed by atoms with E-state index in [1.165, 1.54) is 0 Å². The van der Waals surface area contributed by atoms with Crippen molar-refractivity contribution in [2.75, 3.05) is 7.11 Å². The number of nitrogens with one attached hydrogen (secondary N) is 2. The Balaban J connectivity index is 2.06. The standard InChI is InChI=1S/C17H24N4O2/c1-12(13-10-18-21(4)11-13)19-16(22)20-17(2,3)14-8-6-7-9-15(14)23-5/h6-12H,1-5H3,(H2,19,20,22)/t12-/m1/s1. The summed E-state index contributed by atoms with van der Waals surface area (Å²) in [6.45, 7) is 5.81. The van der Waals surface area contributed by atoms with Crippen molar-refractivity contribution in [3.63, 3.8) is 0 Å². The third-order valence-corrected chi connectivity index (χ3v) is 3.78. The van der Waals surface area contributed by atoms with Crippen LogP contribution in [0, 0.1) is 0 Å². The number of ether oxygens (including phenoxy) is 1. The van der Waals surface area contributed by atoms with E-state index >= 15 is 0 Å². The van der Waals surface area contributed by atoms with Gasteiger partial charge in [-0.2, -0.15) is 5.10 Å². The van der Waals surface area contributed by atoms with Crippen molar-refractivity contribution in [2.24, 2.45) is 7.05 Å². The molecule has 0 bridgehead atoms. The van der Waals surface area contributed by atoms with Crippen molar-refractivity contribution in [1.82, 2.24) is 20.4 Å². The van der Waals surface area contributed by atoms with Crippen LogP contribution in [0.5, 0.6) is 5.75 Å². The van der Waals surface area contributed by atoms with Gasteiger partial charge in [-0.3, -0.25) is 4.68 Å². The van der Waals surface area contributed by atoms with Gasteiger partial charge in [-0.1, -0.05) is 18.2 Å². The van der Waals surface area contributed by atoms with Gasteiger partial charge in [0, 0.05) is 24.4 Å². The lowest BCUT2D eigenvalue weighted by molar-refractivity contribution is 0.226. The lowest BCUT2D eigenvalue weighted by atomic mass is 9.93. The van der Waals surface area contributed by atoms with Gasteiger partial charge in [0.2, 0.25) is 0 Å². The molecule has 6 heteroatoms. The minimum absolute atomic E-state index is 0.128. The first-order chi connectivity index (χ1) is 10.8. The molecule has 1 aromatic carbocycles. The van der Waals surface area contributed by atoms with E-state index in [0.717, 1.165) is 16.9 Å². The number of carbonyl (C=O) groups excluding carboxylic acids is 1. The fourth-order valence-electron chi connectivity index (χ4n) is 2.49. The number of amides is 2. The molecule has 1 aromatic heterocycles. The minimum atomic E-state index is -0.564. The van der Waals surface area contributed by atoms with Gasteiger partial charge in [0.05, 0.1) is 24.9 Å². The molecule has 2 amide bonds. The lowest BCUT2D eigenvalue weighted by Gasteiger charge is -2.29. The number of hydrogen-bond donors (Lipinski definition) is 2. The highest BCUT2D eigenvalue weighted by Gasteiger charge is 2.26. The maximum absolute atomic E-state index is 12.3. The molecule has 1 atom stereocenters. The summed E-state index contributed by atoms with van der Waals surface area (Å²) in [4.78, 5) is 12.3. The predicted molar refractivity (Wildman–Crippen MR) is 89.3 cm³/mol. The molecule has 1 heterocycles. The molecule has 0 aliphatic rings. The number of aromatic nitrogens is 2. The Bertz CT molecular complexity index is 679. The first-order valence-electron chi connectivity index (χ1n) is 7.54. The smallest absolute Gasteiger partial charge is 0.315 e. The summed E-state index contributed by atoms with van der Waals surface area (Å²) >= 11 is 0. The topological polar surface area (TPSA) is 68.2 Å².